The third-order valence-electron chi connectivity index (χ3n) is 5.56. The van der Waals surface area contributed by atoms with Crippen LogP contribution in [0.3, 0.4) is 0 Å². The van der Waals surface area contributed by atoms with Gasteiger partial charge in [0.1, 0.15) is 12.1 Å². The van der Waals surface area contributed by atoms with Gasteiger partial charge in [-0.05, 0) is 36.4 Å². The van der Waals surface area contributed by atoms with Crippen LogP contribution < -0.4 is 4.90 Å². The molecule has 3 heterocycles. The highest BCUT2D eigenvalue weighted by atomic mass is 19.1. The number of ketones is 1. The molecule has 5 rings (SSSR count). The smallest absolute Gasteiger partial charge is 0.199 e. The second kappa shape index (κ2) is 8.59. The molecule has 2 aromatic heterocycles. The zero-order chi connectivity index (χ0) is 22.9. The molecule has 1 aliphatic heterocycles. The van der Waals surface area contributed by atoms with Crippen LogP contribution in [0.25, 0.3) is 22.2 Å². The average Bonchev–Trinajstić information content (AvgIpc) is 2.84. The lowest BCUT2D eigenvalue weighted by Gasteiger charge is -2.29. The maximum atomic E-state index is 14.8. The number of pyridine rings is 1. The molecule has 6 nitrogen and oxygen atoms in total. The molecule has 0 unspecified atom stereocenters. The molecule has 9 heteroatoms. The summed E-state index contributed by atoms with van der Waals surface area (Å²) in [5.74, 6) is -3.72. The lowest BCUT2D eigenvalue weighted by molar-refractivity contribution is 0.103. The number of nitrogens with zero attached hydrogens (tertiary/aromatic N) is 4. The normalized spacial score (nSPS) is 14.0. The van der Waals surface area contributed by atoms with E-state index in [1.165, 1.54) is 18.5 Å². The van der Waals surface area contributed by atoms with Crippen molar-refractivity contribution in [1.29, 1.82) is 0 Å². The first-order chi connectivity index (χ1) is 16.0. The maximum absolute atomic E-state index is 14.8. The Balaban J connectivity index is 1.58. The van der Waals surface area contributed by atoms with Crippen molar-refractivity contribution in [2.45, 2.75) is 0 Å². The molecule has 0 radical (unpaired) electrons. The summed E-state index contributed by atoms with van der Waals surface area (Å²) < 4.78 is 48.3. The van der Waals surface area contributed by atoms with Gasteiger partial charge in [-0.15, -0.1) is 0 Å². The highest BCUT2D eigenvalue weighted by molar-refractivity contribution is 6.10. The van der Waals surface area contributed by atoms with Gasteiger partial charge in [0.2, 0.25) is 0 Å². The third-order valence-corrected chi connectivity index (χ3v) is 5.56. The summed E-state index contributed by atoms with van der Waals surface area (Å²) in [6.45, 7) is 2.78. The van der Waals surface area contributed by atoms with Gasteiger partial charge >= 0.3 is 0 Å². The van der Waals surface area contributed by atoms with Crippen molar-refractivity contribution in [3.63, 3.8) is 0 Å². The van der Waals surface area contributed by atoms with E-state index >= 15 is 0 Å². The highest BCUT2D eigenvalue weighted by Crippen LogP contribution is 2.31. The van der Waals surface area contributed by atoms with Gasteiger partial charge in [-0.25, -0.2) is 23.1 Å². The van der Waals surface area contributed by atoms with Crippen LogP contribution in [-0.2, 0) is 4.74 Å². The van der Waals surface area contributed by atoms with Gasteiger partial charge < -0.3 is 9.64 Å². The maximum Gasteiger partial charge on any atom is 0.199 e. The SMILES string of the molecule is O=C(c1ccc(F)c(-c2ncnc3cc(N4CCOCC4)ccc23)c1)c1c(F)cncc1F. The molecule has 33 heavy (non-hydrogen) atoms. The van der Waals surface area contributed by atoms with Gasteiger partial charge in [-0.3, -0.25) is 9.78 Å². The minimum Gasteiger partial charge on any atom is -0.378 e. The molecule has 166 valence electrons. The first-order valence-corrected chi connectivity index (χ1v) is 10.2. The number of benzene rings is 2. The third kappa shape index (κ3) is 3.91. The number of hydrogen-bond acceptors (Lipinski definition) is 6. The Morgan fingerprint density at radius 1 is 0.909 bits per heavy atom. The van der Waals surface area contributed by atoms with Crippen LogP contribution in [0.1, 0.15) is 15.9 Å². The number of fused-ring (bicyclic) bond motifs is 1. The summed E-state index contributed by atoms with van der Waals surface area (Å²) in [5, 5.41) is 0.583. The second-order valence-electron chi connectivity index (χ2n) is 7.53. The fourth-order valence-electron chi connectivity index (χ4n) is 3.90. The van der Waals surface area contributed by atoms with E-state index in [0.29, 0.717) is 24.1 Å². The van der Waals surface area contributed by atoms with E-state index in [1.54, 1.807) is 6.07 Å². The zero-order valence-corrected chi connectivity index (χ0v) is 17.3. The Morgan fingerprint density at radius 2 is 1.67 bits per heavy atom. The van der Waals surface area contributed by atoms with E-state index in [0.717, 1.165) is 37.2 Å². The number of ether oxygens (including phenoxy) is 1. The zero-order valence-electron chi connectivity index (χ0n) is 17.3. The van der Waals surface area contributed by atoms with Gasteiger partial charge in [0.15, 0.2) is 17.4 Å². The number of carbonyl (C=O) groups excluding carboxylic acids is 1. The monoisotopic (exact) mass is 450 g/mol. The van der Waals surface area contributed by atoms with E-state index < -0.39 is 28.8 Å². The summed E-state index contributed by atoms with van der Waals surface area (Å²) in [6, 6.07) is 9.09. The Labute approximate surface area is 186 Å². The van der Waals surface area contributed by atoms with Crippen LogP contribution in [0, 0.1) is 17.5 Å². The molecule has 0 atom stereocenters. The molecular weight excluding hydrogens is 433 g/mol. The van der Waals surface area contributed by atoms with Gasteiger partial charge in [-0.1, -0.05) is 0 Å². The second-order valence-corrected chi connectivity index (χ2v) is 7.53. The van der Waals surface area contributed by atoms with E-state index in [1.807, 2.05) is 12.1 Å². The molecule has 1 fully saturated rings. The summed E-state index contributed by atoms with van der Waals surface area (Å²) in [5.41, 5.74) is 1.05. The molecule has 0 aliphatic carbocycles. The molecule has 2 aromatic carbocycles. The highest BCUT2D eigenvalue weighted by Gasteiger charge is 2.22. The van der Waals surface area contributed by atoms with Crippen molar-refractivity contribution in [3.8, 4) is 11.3 Å². The van der Waals surface area contributed by atoms with Crippen LogP contribution in [-0.4, -0.2) is 47.0 Å². The van der Waals surface area contributed by atoms with E-state index in [-0.39, 0.29) is 16.8 Å². The minimum absolute atomic E-state index is 0.0299. The first kappa shape index (κ1) is 21.0. The molecule has 1 aliphatic rings. The van der Waals surface area contributed by atoms with Crippen molar-refractivity contribution in [1.82, 2.24) is 15.0 Å². The molecule has 1 saturated heterocycles. The van der Waals surface area contributed by atoms with Crippen LogP contribution in [0.2, 0.25) is 0 Å². The van der Waals surface area contributed by atoms with Crippen LogP contribution >= 0.6 is 0 Å². The Kier molecular flexibility index (Phi) is 5.47. The number of carbonyl (C=O) groups is 1. The Morgan fingerprint density at radius 3 is 2.42 bits per heavy atom. The van der Waals surface area contributed by atoms with E-state index in [4.69, 9.17) is 4.74 Å². The summed E-state index contributed by atoms with van der Waals surface area (Å²) >= 11 is 0. The molecule has 4 aromatic rings. The summed E-state index contributed by atoms with van der Waals surface area (Å²) in [6.07, 6.45) is 2.83. The van der Waals surface area contributed by atoms with Gasteiger partial charge in [-0.2, -0.15) is 0 Å². The lowest BCUT2D eigenvalue weighted by atomic mass is 9.98. The number of hydrogen-bond donors (Lipinski definition) is 0. The van der Waals surface area contributed by atoms with Crippen LogP contribution in [0.5, 0.6) is 0 Å². The topological polar surface area (TPSA) is 68.2 Å². The Bertz CT molecular complexity index is 1350. The number of rotatable bonds is 4. The molecule has 0 N–H and O–H groups in total. The molecule has 0 saturated carbocycles. The summed E-state index contributed by atoms with van der Waals surface area (Å²) in [7, 11) is 0. The van der Waals surface area contributed by atoms with Gasteiger partial charge in [0.25, 0.3) is 0 Å². The minimum atomic E-state index is -1.09. The number of anilines is 1. The fourth-order valence-corrected chi connectivity index (χ4v) is 3.90. The molecule has 0 spiro atoms. The van der Waals surface area contributed by atoms with E-state index in [2.05, 4.69) is 19.9 Å². The van der Waals surface area contributed by atoms with Crippen molar-refractivity contribution < 1.29 is 22.7 Å². The summed E-state index contributed by atoms with van der Waals surface area (Å²) in [4.78, 5) is 26.9. The van der Waals surface area contributed by atoms with Crippen molar-refractivity contribution in [3.05, 3.63) is 83.7 Å². The number of morpholine rings is 1. The average molecular weight is 450 g/mol. The first-order valence-electron chi connectivity index (χ1n) is 10.2. The standard InChI is InChI=1S/C24H17F3N4O2/c25-18-4-1-14(24(32)22-19(26)11-28-12-20(22)27)9-17(18)23-16-3-2-15(10-21(16)29-13-30-23)31-5-7-33-8-6-31/h1-4,9-13H,5-8H2. The number of halogens is 3. The predicted octanol–water partition coefficient (Wildman–Crippen LogP) is 4.18. The van der Waals surface area contributed by atoms with Crippen LogP contribution in [0.15, 0.2) is 55.1 Å². The van der Waals surface area contributed by atoms with Crippen molar-refractivity contribution >= 4 is 22.4 Å². The molecule has 0 amide bonds. The van der Waals surface area contributed by atoms with E-state index in [9.17, 15) is 18.0 Å². The van der Waals surface area contributed by atoms with Gasteiger partial charge in [0, 0.05) is 35.3 Å². The largest absolute Gasteiger partial charge is 0.378 e. The lowest BCUT2D eigenvalue weighted by Crippen LogP contribution is -2.36. The van der Waals surface area contributed by atoms with Crippen molar-refractivity contribution in [2.75, 3.05) is 31.2 Å². The van der Waals surface area contributed by atoms with Crippen molar-refractivity contribution in [2.24, 2.45) is 0 Å². The van der Waals surface area contributed by atoms with Gasteiger partial charge in [0.05, 0.1) is 42.4 Å². The quantitative estimate of drug-likeness (QED) is 0.435. The molecule has 0 bridgehead atoms. The predicted molar refractivity (Wildman–Crippen MR) is 116 cm³/mol. The fraction of sp³-hybridized carbons (Fsp3) is 0.167. The van der Waals surface area contributed by atoms with Crippen LogP contribution in [0.4, 0.5) is 18.9 Å². The Hall–Kier alpha value is -3.85. The number of aromatic nitrogens is 3. The molecular formula is C24H17F3N4O2.